The molecule has 3 heteroatoms. The molecule has 0 bridgehead atoms. The number of hydrogen-bond acceptors (Lipinski definition) is 1. The lowest BCUT2D eigenvalue weighted by molar-refractivity contribution is 0.0975. The number of aromatic amines is 1. The number of benzene rings is 2. The maximum atomic E-state index is 12.8. The summed E-state index contributed by atoms with van der Waals surface area (Å²) in [6, 6.07) is 16.5. The van der Waals surface area contributed by atoms with Gasteiger partial charge in [0.05, 0.1) is 6.54 Å². The van der Waals surface area contributed by atoms with E-state index >= 15 is 0 Å². The van der Waals surface area contributed by atoms with Crippen molar-refractivity contribution in [1.29, 1.82) is 0 Å². The molecule has 2 heterocycles. The summed E-state index contributed by atoms with van der Waals surface area (Å²) in [7, 11) is 0. The summed E-state index contributed by atoms with van der Waals surface area (Å²) in [4.78, 5) is 15.9. The number of carbonyl (C=O) groups excluding carboxylic acids is 1. The topological polar surface area (TPSA) is 37.8 Å². The van der Waals surface area contributed by atoms with Crippen molar-refractivity contribution in [3.8, 4) is 0 Å². The van der Waals surface area contributed by atoms with Gasteiger partial charge in [-0.15, -0.1) is 0 Å². The predicted octanol–water partition coefficient (Wildman–Crippen LogP) is 5.13. The molecule has 0 radical (unpaired) electrons. The van der Waals surface area contributed by atoms with Crippen LogP contribution in [0.2, 0.25) is 0 Å². The summed E-state index contributed by atoms with van der Waals surface area (Å²) in [6.45, 7) is 4.74. The molecule has 120 valence electrons. The van der Waals surface area contributed by atoms with Crippen molar-refractivity contribution in [2.45, 2.75) is 26.3 Å². The lowest BCUT2D eigenvalue weighted by atomic mass is 10.0. The van der Waals surface area contributed by atoms with Crippen molar-refractivity contribution in [3.63, 3.8) is 0 Å². The number of carbonyl (C=O) groups is 1. The summed E-state index contributed by atoms with van der Waals surface area (Å²) >= 11 is 0. The second kappa shape index (κ2) is 5.68. The van der Waals surface area contributed by atoms with E-state index in [4.69, 9.17) is 0 Å². The molecular weight excluding hydrogens is 296 g/mol. The Morgan fingerprint density at radius 2 is 1.96 bits per heavy atom. The molecule has 24 heavy (non-hydrogen) atoms. The minimum absolute atomic E-state index is 0.123. The molecule has 0 spiro atoms. The van der Waals surface area contributed by atoms with Gasteiger partial charge < -0.3 is 9.55 Å². The quantitative estimate of drug-likeness (QED) is 0.521. The van der Waals surface area contributed by atoms with E-state index in [-0.39, 0.29) is 5.78 Å². The highest BCUT2D eigenvalue weighted by atomic mass is 16.1. The Morgan fingerprint density at radius 3 is 2.79 bits per heavy atom. The molecule has 0 fully saturated rings. The highest BCUT2D eigenvalue weighted by Crippen LogP contribution is 2.24. The molecule has 0 aliphatic carbocycles. The number of nitrogens with one attached hydrogen (secondary N) is 1. The van der Waals surface area contributed by atoms with Crippen LogP contribution in [0, 0.1) is 0 Å². The van der Waals surface area contributed by atoms with Crippen LogP contribution in [-0.2, 0) is 6.54 Å². The van der Waals surface area contributed by atoms with Crippen LogP contribution in [0.25, 0.3) is 21.8 Å². The van der Waals surface area contributed by atoms with Crippen LogP contribution >= 0.6 is 0 Å². The zero-order valence-corrected chi connectivity index (χ0v) is 13.9. The van der Waals surface area contributed by atoms with Crippen molar-refractivity contribution in [1.82, 2.24) is 9.55 Å². The van der Waals surface area contributed by atoms with Gasteiger partial charge in [-0.25, -0.2) is 0 Å². The van der Waals surface area contributed by atoms with Crippen molar-refractivity contribution in [3.05, 3.63) is 72.1 Å². The fourth-order valence-corrected chi connectivity index (χ4v) is 3.26. The minimum Gasteiger partial charge on any atom is -0.360 e. The normalized spacial score (nSPS) is 11.6. The van der Waals surface area contributed by atoms with Crippen LogP contribution in [0.4, 0.5) is 0 Å². The summed E-state index contributed by atoms with van der Waals surface area (Å²) in [6.07, 6.45) is 3.82. The van der Waals surface area contributed by atoms with Gasteiger partial charge in [-0.1, -0.05) is 38.1 Å². The number of rotatable bonds is 4. The molecule has 4 aromatic rings. The van der Waals surface area contributed by atoms with Crippen LogP contribution in [0.15, 0.2) is 60.9 Å². The van der Waals surface area contributed by atoms with E-state index in [9.17, 15) is 4.79 Å². The van der Waals surface area contributed by atoms with Crippen molar-refractivity contribution < 1.29 is 4.79 Å². The van der Waals surface area contributed by atoms with Crippen LogP contribution in [-0.4, -0.2) is 15.3 Å². The van der Waals surface area contributed by atoms with Gasteiger partial charge in [0, 0.05) is 34.4 Å². The number of fused-ring (bicyclic) bond motifs is 2. The van der Waals surface area contributed by atoms with Crippen molar-refractivity contribution in [2.24, 2.45) is 0 Å². The fourth-order valence-electron chi connectivity index (χ4n) is 3.26. The van der Waals surface area contributed by atoms with E-state index in [1.807, 2.05) is 41.2 Å². The van der Waals surface area contributed by atoms with Gasteiger partial charge in [0.15, 0.2) is 5.78 Å². The third-order valence-electron chi connectivity index (χ3n) is 4.67. The molecule has 0 saturated carbocycles. The molecule has 0 atom stereocenters. The fraction of sp³-hybridized carbons (Fsp3) is 0.190. The Hall–Kier alpha value is -2.81. The molecule has 0 aliphatic rings. The van der Waals surface area contributed by atoms with Gasteiger partial charge in [-0.2, -0.15) is 0 Å². The van der Waals surface area contributed by atoms with Gasteiger partial charge in [0.25, 0.3) is 0 Å². The second-order valence-corrected chi connectivity index (χ2v) is 6.59. The van der Waals surface area contributed by atoms with Gasteiger partial charge in [0.2, 0.25) is 0 Å². The molecule has 3 nitrogen and oxygen atoms in total. The SMILES string of the molecule is CC(C)c1ccc2c(ccn2CC(=O)c2c[nH]c3ccccc23)c1. The third kappa shape index (κ3) is 2.42. The summed E-state index contributed by atoms with van der Waals surface area (Å²) < 4.78 is 2.03. The molecular formula is C21H20N2O. The average molecular weight is 316 g/mol. The number of Topliss-reactive ketones (excluding diaryl/α,β-unsaturated/α-hetero) is 1. The number of aromatic nitrogens is 2. The van der Waals surface area contributed by atoms with Crippen LogP contribution in [0.1, 0.15) is 35.7 Å². The predicted molar refractivity (Wildman–Crippen MR) is 98.7 cm³/mol. The van der Waals surface area contributed by atoms with Crippen molar-refractivity contribution in [2.75, 3.05) is 0 Å². The number of ketones is 1. The first-order chi connectivity index (χ1) is 11.6. The van der Waals surface area contributed by atoms with Gasteiger partial charge in [-0.05, 0) is 41.1 Å². The number of nitrogens with zero attached hydrogens (tertiary/aromatic N) is 1. The molecule has 4 rings (SSSR count). The van der Waals surface area contributed by atoms with Gasteiger partial charge in [-0.3, -0.25) is 4.79 Å². The minimum atomic E-state index is 0.123. The van der Waals surface area contributed by atoms with E-state index in [1.165, 1.54) is 10.9 Å². The van der Waals surface area contributed by atoms with Crippen LogP contribution < -0.4 is 0 Å². The first-order valence-electron chi connectivity index (χ1n) is 8.31. The maximum absolute atomic E-state index is 12.8. The highest BCUT2D eigenvalue weighted by Gasteiger charge is 2.13. The Labute approximate surface area is 140 Å². The largest absolute Gasteiger partial charge is 0.360 e. The zero-order chi connectivity index (χ0) is 16.7. The molecule has 0 aliphatic heterocycles. The maximum Gasteiger partial charge on any atom is 0.184 e. The first-order valence-corrected chi connectivity index (χ1v) is 8.31. The first kappa shape index (κ1) is 14.8. The second-order valence-electron chi connectivity index (χ2n) is 6.59. The Kier molecular flexibility index (Phi) is 3.49. The zero-order valence-electron chi connectivity index (χ0n) is 13.9. The average Bonchev–Trinajstić information content (AvgIpc) is 3.18. The monoisotopic (exact) mass is 316 g/mol. The van der Waals surface area contributed by atoms with E-state index < -0.39 is 0 Å². The molecule has 0 unspecified atom stereocenters. The number of H-pyrrole nitrogens is 1. The Morgan fingerprint density at radius 1 is 1.12 bits per heavy atom. The molecule has 0 amide bonds. The summed E-state index contributed by atoms with van der Waals surface area (Å²) in [5.41, 5.74) is 4.18. The van der Waals surface area contributed by atoms with Crippen LogP contribution in [0.3, 0.4) is 0 Å². The van der Waals surface area contributed by atoms with Gasteiger partial charge in [0.1, 0.15) is 0 Å². The molecule has 2 aromatic heterocycles. The molecule has 2 aromatic carbocycles. The van der Waals surface area contributed by atoms with E-state index in [2.05, 4.69) is 43.1 Å². The standard InChI is InChI=1S/C21H20N2O/c1-14(2)15-7-8-20-16(11-15)9-10-23(20)13-21(24)18-12-22-19-6-4-3-5-17(18)19/h3-12,14,22H,13H2,1-2H3. The Balaban J connectivity index is 1.68. The van der Waals surface area contributed by atoms with E-state index in [1.54, 1.807) is 0 Å². The lowest BCUT2D eigenvalue weighted by Crippen LogP contribution is -2.09. The number of para-hydroxylation sites is 1. The lowest BCUT2D eigenvalue weighted by Gasteiger charge is -2.07. The van der Waals surface area contributed by atoms with E-state index in [0.717, 1.165) is 22.0 Å². The number of hydrogen-bond donors (Lipinski definition) is 1. The summed E-state index contributed by atoms with van der Waals surface area (Å²) in [5.74, 6) is 0.628. The van der Waals surface area contributed by atoms with Crippen LogP contribution in [0.5, 0.6) is 0 Å². The highest BCUT2D eigenvalue weighted by molar-refractivity contribution is 6.08. The molecule has 1 N–H and O–H groups in total. The van der Waals surface area contributed by atoms with Crippen molar-refractivity contribution >= 4 is 27.6 Å². The Bertz CT molecular complexity index is 1040. The molecule has 0 saturated heterocycles. The van der Waals surface area contributed by atoms with Gasteiger partial charge >= 0.3 is 0 Å². The smallest absolute Gasteiger partial charge is 0.184 e. The third-order valence-corrected chi connectivity index (χ3v) is 4.67. The van der Waals surface area contributed by atoms with E-state index in [0.29, 0.717) is 12.5 Å². The summed E-state index contributed by atoms with van der Waals surface area (Å²) in [5, 5.41) is 2.17.